The lowest BCUT2D eigenvalue weighted by molar-refractivity contribution is -0.121. The highest BCUT2D eigenvalue weighted by atomic mass is 35.5. The van der Waals surface area contributed by atoms with Gasteiger partial charge in [-0.25, -0.2) is 0 Å². The Kier molecular flexibility index (Phi) is 7.15. The molecular weight excluding hydrogens is 476 g/mol. The molecule has 1 saturated heterocycles. The molecule has 34 heavy (non-hydrogen) atoms. The molecule has 1 aliphatic heterocycles. The summed E-state index contributed by atoms with van der Waals surface area (Å²) < 4.78 is 0. The van der Waals surface area contributed by atoms with Crippen molar-refractivity contribution < 1.29 is 19.8 Å². The van der Waals surface area contributed by atoms with Crippen LogP contribution in [-0.2, 0) is 9.59 Å². The molecule has 172 valence electrons. The van der Waals surface area contributed by atoms with Gasteiger partial charge >= 0.3 is 0 Å². The quantitative estimate of drug-likeness (QED) is 0.342. The number of nitrogens with one attached hydrogen (secondary N) is 1. The molecule has 1 fully saturated rings. The third kappa shape index (κ3) is 5.56. The summed E-state index contributed by atoms with van der Waals surface area (Å²) in [6.07, 6.45) is 1.30. The Bertz CT molecular complexity index is 1260. The van der Waals surface area contributed by atoms with Crippen molar-refractivity contribution in [1.29, 1.82) is 0 Å². The molecule has 3 aromatic carbocycles. The SMILES string of the molecule is O=C(CC1SC(=NN=Cc2ccccc2O)N(c2ccc(O)cc2)C1=O)Nc1ccc(Cl)cc1. The number of thioether (sulfide) groups is 1. The lowest BCUT2D eigenvalue weighted by Crippen LogP contribution is -2.33. The average molecular weight is 495 g/mol. The summed E-state index contributed by atoms with van der Waals surface area (Å²) in [6.45, 7) is 0. The second-order valence-corrected chi connectivity index (χ2v) is 8.85. The topological polar surface area (TPSA) is 115 Å². The molecule has 0 spiro atoms. The molecule has 1 aliphatic rings. The number of phenolic OH excluding ortho intramolecular Hbond substituents is 2. The number of para-hydroxylation sites is 1. The molecule has 1 unspecified atom stereocenters. The van der Waals surface area contributed by atoms with Crippen LogP contribution in [-0.4, -0.2) is 38.7 Å². The fourth-order valence-corrected chi connectivity index (χ4v) is 4.37. The van der Waals surface area contributed by atoms with E-state index in [1.807, 2.05) is 0 Å². The van der Waals surface area contributed by atoms with Gasteiger partial charge in [-0.3, -0.25) is 14.5 Å². The first-order valence-electron chi connectivity index (χ1n) is 10.1. The molecule has 0 saturated carbocycles. The van der Waals surface area contributed by atoms with Crippen LogP contribution in [0.5, 0.6) is 11.5 Å². The van der Waals surface area contributed by atoms with Crippen molar-refractivity contribution in [2.75, 3.05) is 10.2 Å². The summed E-state index contributed by atoms with van der Waals surface area (Å²) in [4.78, 5) is 27.1. The van der Waals surface area contributed by atoms with E-state index in [0.717, 1.165) is 11.8 Å². The van der Waals surface area contributed by atoms with Crippen LogP contribution < -0.4 is 10.2 Å². The number of hydrogen-bond donors (Lipinski definition) is 3. The standard InChI is InChI=1S/C24H19ClN4O4S/c25-16-5-7-17(8-6-16)27-22(32)13-21-23(33)29(18-9-11-19(30)12-10-18)24(34-21)28-26-14-15-3-1-2-4-20(15)31/h1-12,14,21,30-31H,13H2,(H,27,32). The fourth-order valence-electron chi connectivity index (χ4n) is 3.16. The van der Waals surface area contributed by atoms with E-state index in [1.165, 1.54) is 29.3 Å². The summed E-state index contributed by atoms with van der Waals surface area (Å²) in [5.41, 5.74) is 1.52. The highest BCUT2D eigenvalue weighted by Gasteiger charge is 2.40. The smallest absolute Gasteiger partial charge is 0.247 e. The fraction of sp³-hybridized carbons (Fsp3) is 0.0833. The number of amidine groups is 1. The van der Waals surface area contributed by atoms with Gasteiger partial charge in [-0.05, 0) is 60.7 Å². The number of nitrogens with zero attached hydrogens (tertiary/aromatic N) is 3. The van der Waals surface area contributed by atoms with Crippen molar-refractivity contribution in [2.24, 2.45) is 10.2 Å². The molecule has 10 heteroatoms. The summed E-state index contributed by atoms with van der Waals surface area (Å²) in [6, 6.07) is 19.4. The third-order valence-electron chi connectivity index (χ3n) is 4.82. The number of carbonyl (C=O) groups excluding carboxylic acids is 2. The van der Waals surface area contributed by atoms with Gasteiger partial charge in [0.2, 0.25) is 11.8 Å². The average Bonchev–Trinajstić information content (AvgIpc) is 3.12. The Morgan fingerprint density at radius 2 is 1.76 bits per heavy atom. The van der Waals surface area contributed by atoms with Crippen molar-refractivity contribution in [1.82, 2.24) is 0 Å². The zero-order valence-electron chi connectivity index (χ0n) is 17.6. The number of amides is 2. The lowest BCUT2D eigenvalue weighted by atomic mass is 10.2. The molecule has 2 amide bonds. The second-order valence-electron chi connectivity index (χ2n) is 7.24. The Morgan fingerprint density at radius 1 is 1.06 bits per heavy atom. The number of carbonyl (C=O) groups is 2. The third-order valence-corrected chi connectivity index (χ3v) is 6.20. The summed E-state index contributed by atoms with van der Waals surface area (Å²) in [5.74, 6) is -0.567. The van der Waals surface area contributed by atoms with E-state index in [9.17, 15) is 19.8 Å². The van der Waals surface area contributed by atoms with Crippen LogP contribution in [0.3, 0.4) is 0 Å². The highest BCUT2D eigenvalue weighted by Crippen LogP contribution is 2.34. The predicted molar refractivity (Wildman–Crippen MR) is 135 cm³/mol. The van der Waals surface area contributed by atoms with E-state index in [-0.39, 0.29) is 34.9 Å². The van der Waals surface area contributed by atoms with Gasteiger partial charge < -0.3 is 15.5 Å². The Morgan fingerprint density at radius 3 is 2.47 bits per heavy atom. The first-order valence-corrected chi connectivity index (χ1v) is 11.4. The van der Waals surface area contributed by atoms with Gasteiger partial charge in [-0.15, -0.1) is 5.10 Å². The number of halogens is 1. The van der Waals surface area contributed by atoms with Gasteiger partial charge in [0.15, 0.2) is 5.17 Å². The van der Waals surface area contributed by atoms with Gasteiger partial charge in [0, 0.05) is 22.7 Å². The number of aromatic hydroxyl groups is 2. The van der Waals surface area contributed by atoms with Gasteiger partial charge in [0.05, 0.1) is 11.9 Å². The molecule has 0 aliphatic carbocycles. The molecule has 1 heterocycles. The van der Waals surface area contributed by atoms with E-state index in [0.29, 0.717) is 22.0 Å². The van der Waals surface area contributed by atoms with Crippen LogP contribution >= 0.6 is 23.4 Å². The molecule has 1 atom stereocenters. The number of benzene rings is 3. The van der Waals surface area contributed by atoms with Crippen molar-refractivity contribution in [3.05, 3.63) is 83.4 Å². The van der Waals surface area contributed by atoms with E-state index in [1.54, 1.807) is 54.6 Å². The molecule has 0 bridgehead atoms. The zero-order valence-corrected chi connectivity index (χ0v) is 19.2. The Labute approximate surface area is 204 Å². The Hall–Kier alpha value is -3.82. The molecule has 3 aromatic rings. The maximum atomic E-state index is 13.2. The largest absolute Gasteiger partial charge is 0.508 e. The van der Waals surface area contributed by atoms with E-state index in [2.05, 4.69) is 15.5 Å². The maximum Gasteiger partial charge on any atom is 0.247 e. The van der Waals surface area contributed by atoms with Gasteiger partial charge in [-0.2, -0.15) is 5.10 Å². The normalized spacial score (nSPS) is 17.0. The monoisotopic (exact) mass is 494 g/mol. The summed E-state index contributed by atoms with van der Waals surface area (Å²) >= 11 is 6.99. The maximum absolute atomic E-state index is 13.2. The van der Waals surface area contributed by atoms with Crippen molar-refractivity contribution in [3.8, 4) is 11.5 Å². The van der Waals surface area contributed by atoms with Crippen LogP contribution in [0.2, 0.25) is 5.02 Å². The van der Waals surface area contributed by atoms with Crippen LogP contribution in [0.15, 0.2) is 83.0 Å². The number of rotatable bonds is 6. The van der Waals surface area contributed by atoms with Gasteiger partial charge in [0.1, 0.15) is 16.7 Å². The molecular formula is C24H19ClN4O4S. The van der Waals surface area contributed by atoms with E-state index in [4.69, 9.17) is 11.6 Å². The molecule has 0 radical (unpaired) electrons. The van der Waals surface area contributed by atoms with Crippen molar-refractivity contribution in [3.63, 3.8) is 0 Å². The van der Waals surface area contributed by atoms with E-state index >= 15 is 0 Å². The first-order chi connectivity index (χ1) is 16.4. The Balaban J connectivity index is 1.55. The first kappa shape index (κ1) is 23.3. The van der Waals surface area contributed by atoms with Crippen LogP contribution in [0.25, 0.3) is 0 Å². The minimum absolute atomic E-state index is 0.0498. The summed E-state index contributed by atoms with van der Waals surface area (Å²) in [7, 11) is 0. The molecule has 8 nitrogen and oxygen atoms in total. The number of anilines is 2. The number of hydrogen-bond acceptors (Lipinski definition) is 7. The highest BCUT2D eigenvalue weighted by molar-refractivity contribution is 8.16. The predicted octanol–water partition coefficient (Wildman–Crippen LogP) is 4.62. The molecule has 3 N–H and O–H groups in total. The van der Waals surface area contributed by atoms with Gasteiger partial charge in [0.25, 0.3) is 0 Å². The van der Waals surface area contributed by atoms with Crippen LogP contribution in [0.4, 0.5) is 11.4 Å². The van der Waals surface area contributed by atoms with E-state index < -0.39 is 5.25 Å². The molecule has 4 rings (SSSR count). The minimum Gasteiger partial charge on any atom is -0.508 e. The van der Waals surface area contributed by atoms with Crippen LogP contribution in [0.1, 0.15) is 12.0 Å². The van der Waals surface area contributed by atoms with Crippen molar-refractivity contribution >= 4 is 57.9 Å². The zero-order chi connectivity index (χ0) is 24.1. The van der Waals surface area contributed by atoms with Crippen LogP contribution in [0, 0.1) is 0 Å². The van der Waals surface area contributed by atoms with Crippen molar-refractivity contribution in [2.45, 2.75) is 11.7 Å². The summed E-state index contributed by atoms with van der Waals surface area (Å²) in [5, 5.41) is 30.6. The minimum atomic E-state index is -0.722. The molecule has 0 aromatic heterocycles. The second kappa shape index (κ2) is 10.4. The lowest BCUT2D eigenvalue weighted by Gasteiger charge is -2.16. The number of phenols is 2. The van der Waals surface area contributed by atoms with Gasteiger partial charge in [-0.1, -0.05) is 35.5 Å².